The number of thiocarbonyl (C=S) groups is 1. The van der Waals surface area contributed by atoms with Gasteiger partial charge in [0.15, 0.2) is 16.6 Å². The first kappa shape index (κ1) is 51.3. The van der Waals surface area contributed by atoms with E-state index in [0.29, 0.717) is 67.7 Å². The number of amides is 2. The normalized spacial score (nSPS) is 16.0. The van der Waals surface area contributed by atoms with Crippen molar-refractivity contribution >= 4 is 57.6 Å². The maximum absolute atomic E-state index is 14.2. The number of aromatic nitrogens is 3. The Balaban J connectivity index is 0.772. The number of rotatable bonds is 20. The lowest BCUT2D eigenvalue weighted by molar-refractivity contribution is -0.141. The largest absolute Gasteiger partial charge is 0.494 e. The molecule has 2 atom stereocenters. The van der Waals surface area contributed by atoms with Crippen LogP contribution in [0.25, 0.3) is 10.4 Å². The summed E-state index contributed by atoms with van der Waals surface area (Å²) in [6, 6.07) is 26.1. The summed E-state index contributed by atoms with van der Waals surface area (Å²) < 4.78 is 61.0. The zero-order valence-electron chi connectivity index (χ0n) is 40.3. The molecule has 13 nitrogen and oxygen atoms in total. The number of nitriles is 1. The number of thiazole rings is 1. The topological polar surface area (TPSA) is 143 Å². The van der Waals surface area contributed by atoms with Gasteiger partial charge in [-0.05, 0) is 136 Å². The summed E-state index contributed by atoms with van der Waals surface area (Å²) in [4.78, 5) is 51.0. The maximum atomic E-state index is 14.2. The third kappa shape index (κ3) is 11.5. The molecule has 374 valence electrons. The number of ketones is 1. The number of ether oxygens (including phenoxy) is 3. The Kier molecular flexibility index (Phi) is 15.8. The van der Waals surface area contributed by atoms with E-state index >= 15 is 0 Å². The van der Waals surface area contributed by atoms with Gasteiger partial charge in [-0.1, -0.05) is 44.2 Å². The van der Waals surface area contributed by atoms with Crippen LogP contribution in [0.5, 0.6) is 23.0 Å². The van der Waals surface area contributed by atoms with Crippen LogP contribution in [0.15, 0.2) is 115 Å². The van der Waals surface area contributed by atoms with E-state index < -0.39 is 40.8 Å². The van der Waals surface area contributed by atoms with Gasteiger partial charge < -0.3 is 24.0 Å². The fraction of sp³-hybridized carbons (Fsp3) is 0.352. The van der Waals surface area contributed by atoms with Gasteiger partial charge in [-0.2, -0.15) is 23.5 Å². The number of carbonyl (C=O) groups is 3. The molecule has 0 aliphatic carbocycles. The van der Waals surface area contributed by atoms with Crippen LogP contribution in [0.4, 0.5) is 24.5 Å². The third-order valence-corrected chi connectivity index (χ3v) is 14.0. The number of alkyl halides is 3. The second kappa shape index (κ2) is 22.1. The molecule has 8 rings (SSSR count). The second-order valence-corrected chi connectivity index (χ2v) is 19.8. The number of hydrogen-bond donors (Lipinski definition) is 0. The van der Waals surface area contributed by atoms with Crippen LogP contribution in [0.1, 0.15) is 89.0 Å². The van der Waals surface area contributed by atoms with E-state index in [0.717, 1.165) is 58.7 Å². The van der Waals surface area contributed by atoms with Crippen LogP contribution in [-0.4, -0.2) is 73.7 Å². The van der Waals surface area contributed by atoms with Crippen LogP contribution < -0.4 is 24.0 Å². The van der Waals surface area contributed by atoms with Gasteiger partial charge in [0.2, 0.25) is 5.91 Å². The van der Waals surface area contributed by atoms with Crippen molar-refractivity contribution in [1.82, 2.24) is 19.7 Å². The van der Waals surface area contributed by atoms with Crippen molar-refractivity contribution < 1.29 is 41.8 Å². The number of anilines is 2. The number of halogens is 3. The van der Waals surface area contributed by atoms with E-state index in [1.807, 2.05) is 55.9 Å². The predicted molar refractivity (Wildman–Crippen MR) is 272 cm³/mol. The fourth-order valence-electron chi connectivity index (χ4n) is 9.07. The monoisotopic (exact) mass is 1020 g/mol. The van der Waals surface area contributed by atoms with Crippen LogP contribution in [0, 0.1) is 17.2 Å². The van der Waals surface area contributed by atoms with Crippen molar-refractivity contribution in [2.24, 2.45) is 5.92 Å². The van der Waals surface area contributed by atoms with Gasteiger partial charge in [0.25, 0.3) is 5.91 Å². The van der Waals surface area contributed by atoms with Crippen molar-refractivity contribution in [3.8, 4) is 39.5 Å². The van der Waals surface area contributed by atoms with Crippen LogP contribution in [-0.2, 0) is 27.0 Å². The summed E-state index contributed by atoms with van der Waals surface area (Å²) in [5.74, 6) is 1.59. The molecule has 0 radical (unpaired) electrons. The van der Waals surface area contributed by atoms with E-state index in [9.17, 15) is 32.8 Å². The summed E-state index contributed by atoms with van der Waals surface area (Å²) in [5, 5.41) is 13.8. The van der Waals surface area contributed by atoms with E-state index in [4.69, 9.17) is 26.4 Å². The molecular formula is C54H54F3N7O6S2. The minimum absolute atomic E-state index is 0.00992. The van der Waals surface area contributed by atoms with Crippen molar-refractivity contribution in [2.45, 2.75) is 96.4 Å². The first-order valence-electron chi connectivity index (χ1n) is 23.8. The Labute approximate surface area is 425 Å². The molecule has 2 aliphatic rings. The molecule has 0 N–H and O–H groups in total. The van der Waals surface area contributed by atoms with Gasteiger partial charge in [-0.15, -0.1) is 11.3 Å². The van der Waals surface area contributed by atoms with Crippen molar-refractivity contribution in [3.05, 3.63) is 132 Å². The van der Waals surface area contributed by atoms with Crippen LogP contribution >= 0.6 is 23.6 Å². The first-order chi connectivity index (χ1) is 34.5. The molecule has 0 spiro atoms. The summed E-state index contributed by atoms with van der Waals surface area (Å²) in [5.41, 5.74) is 1.56. The lowest BCUT2D eigenvalue weighted by Crippen LogP contribution is -2.45. The van der Waals surface area contributed by atoms with Gasteiger partial charge in [-0.25, -0.2) is 0 Å². The highest BCUT2D eigenvalue weighted by Crippen LogP contribution is 2.40. The Hall–Kier alpha value is -7.10. The molecule has 2 aliphatic heterocycles. The number of likely N-dealkylation sites (tertiary alicyclic amines) is 1. The average molecular weight is 1020 g/mol. The van der Waals surface area contributed by atoms with E-state index in [2.05, 4.69) is 22.2 Å². The maximum Gasteiger partial charge on any atom is 0.417 e. The molecule has 0 unspecified atom stereocenters. The smallest absolute Gasteiger partial charge is 0.417 e. The number of unbranched alkanes of at least 4 members (excludes halogenated alkanes) is 2. The summed E-state index contributed by atoms with van der Waals surface area (Å²) in [6.07, 6.45) is 5.09. The number of carbonyl (C=O) groups excluding carboxylic acids is 3. The molecule has 6 aromatic rings. The number of hydrogen-bond acceptors (Lipinski definition) is 11. The van der Waals surface area contributed by atoms with Gasteiger partial charge in [0.1, 0.15) is 28.8 Å². The van der Waals surface area contributed by atoms with E-state index in [-0.39, 0.29) is 28.4 Å². The molecule has 2 saturated heterocycles. The number of Topliss-reactive ketones (excluding diaryl/α,β-unsaturated/α-hetero) is 1. The predicted octanol–water partition coefficient (Wildman–Crippen LogP) is 11.6. The first-order valence-corrected chi connectivity index (χ1v) is 25.1. The van der Waals surface area contributed by atoms with Gasteiger partial charge in [-0.3, -0.25) is 28.9 Å². The van der Waals surface area contributed by atoms with Crippen molar-refractivity contribution in [3.63, 3.8) is 0 Å². The third-order valence-electron chi connectivity index (χ3n) is 12.8. The van der Waals surface area contributed by atoms with Crippen molar-refractivity contribution in [1.29, 1.82) is 5.26 Å². The van der Waals surface area contributed by atoms with Crippen LogP contribution in [0.2, 0.25) is 0 Å². The molecule has 18 heteroatoms. The van der Waals surface area contributed by atoms with Gasteiger partial charge >= 0.3 is 6.18 Å². The number of nitrogens with zero attached hydrogens (tertiary/aromatic N) is 7. The molecule has 72 heavy (non-hydrogen) atoms. The molecule has 2 fully saturated rings. The Morgan fingerprint density at radius 3 is 2.29 bits per heavy atom. The molecule has 4 aromatic carbocycles. The highest BCUT2D eigenvalue weighted by atomic mass is 32.1. The van der Waals surface area contributed by atoms with Crippen molar-refractivity contribution in [2.75, 3.05) is 29.6 Å². The lowest BCUT2D eigenvalue weighted by Gasteiger charge is -2.30. The van der Waals surface area contributed by atoms with Gasteiger partial charge in [0.05, 0.1) is 64.9 Å². The lowest BCUT2D eigenvalue weighted by atomic mass is 9.99. The number of benzene rings is 4. The zero-order chi connectivity index (χ0) is 51.2. The molecule has 0 saturated carbocycles. The number of aryl methyl sites for hydroxylation is 1. The Bertz CT molecular complexity index is 2940. The fourth-order valence-corrected chi connectivity index (χ4v) is 10.2. The zero-order valence-corrected chi connectivity index (χ0v) is 41.9. The average Bonchev–Trinajstić information content (AvgIpc) is 4.19. The molecule has 4 heterocycles. The second-order valence-electron chi connectivity index (χ2n) is 18.5. The quantitative estimate of drug-likeness (QED) is 0.0532. The Morgan fingerprint density at radius 1 is 0.903 bits per heavy atom. The van der Waals surface area contributed by atoms with Gasteiger partial charge in [0, 0.05) is 30.9 Å². The molecule has 2 amide bonds. The highest BCUT2D eigenvalue weighted by molar-refractivity contribution is 7.81. The minimum Gasteiger partial charge on any atom is -0.494 e. The summed E-state index contributed by atoms with van der Waals surface area (Å²) >= 11 is 7.24. The summed E-state index contributed by atoms with van der Waals surface area (Å²) in [6.45, 7) is 8.67. The molecular weight excluding hydrogens is 964 g/mol. The SMILES string of the molecule is CC(C)[C@@H](C(=O)N1CCC[C@H]1C(=O)CCc1ccc(-c2cncs2)cc1)n1cc(Oc2cccc(OCCCCCOc3ccc(N4C(=S)N(c5ccc(C#N)c(C(F)(F)F)c5)C(=O)C4(C)C)cc3)c2)cn1. The van der Waals surface area contributed by atoms with E-state index in [1.165, 1.54) is 6.07 Å². The molecule has 0 bridgehead atoms. The Morgan fingerprint density at radius 2 is 1.61 bits per heavy atom. The van der Waals surface area contributed by atoms with E-state index in [1.54, 1.807) is 88.5 Å². The standard InChI is InChI=1S/C54H54F3N7O6S2/c1-35(2)49(50(66)61-25-9-12-46(61)47(65)24-15-36-13-16-37(17-14-36)48-32-59-34-72-48)62-33-44(31-60-62)70-43-11-8-10-42(29-43)69-27-7-5-6-26-68-41-22-20-39(21-23-41)64-52(71)63(51(67)53(64,3)4)40-19-18-38(30-58)45(28-40)54(55,56)57/h8,10-11,13-14,16-23,28-29,31-35,46,49H,5-7,9,12,15,24-27H2,1-4H3/t46-,49-/m0/s1. The minimum atomic E-state index is -4.79. The molecule has 2 aromatic heterocycles. The highest BCUT2D eigenvalue weighted by Gasteiger charge is 2.51. The van der Waals surface area contributed by atoms with Crippen LogP contribution in [0.3, 0.4) is 0 Å². The summed E-state index contributed by atoms with van der Waals surface area (Å²) in [7, 11) is 0.